The average molecular weight is 401 g/mol. The molecule has 2 fully saturated rings. The van der Waals surface area contributed by atoms with Gasteiger partial charge < -0.3 is 9.64 Å². The predicted octanol–water partition coefficient (Wildman–Crippen LogP) is 1.64. The molecular weight excluding hydrogens is 376 g/mol. The van der Waals surface area contributed by atoms with Gasteiger partial charge in [0.15, 0.2) is 0 Å². The molecule has 0 aromatic heterocycles. The van der Waals surface area contributed by atoms with Crippen LogP contribution in [0.2, 0.25) is 5.02 Å². The van der Waals surface area contributed by atoms with Gasteiger partial charge in [0.25, 0.3) is 0 Å². The number of carbonyl (C=O) groups is 1. The summed E-state index contributed by atoms with van der Waals surface area (Å²) in [5.41, 5.74) is 0.729. The number of piperidine rings is 1. The summed E-state index contributed by atoms with van der Waals surface area (Å²) in [7, 11) is -1.60. The monoisotopic (exact) mass is 400 g/mol. The zero-order chi connectivity index (χ0) is 18.9. The van der Waals surface area contributed by atoms with Crippen molar-refractivity contribution < 1.29 is 17.9 Å². The highest BCUT2D eigenvalue weighted by atomic mass is 35.5. The van der Waals surface area contributed by atoms with Crippen LogP contribution in [0.5, 0.6) is 0 Å². The van der Waals surface area contributed by atoms with E-state index in [1.54, 1.807) is 19.2 Å². The Hall–Kier alpha value is -1.15. The summed E-state index contributed by atoms with van der Waals surface area (Å²) in [4.78, 5) is 14.6. The fourth-order valence-corrected chi connectivity index (χ4v) is 5.19. The van der Waals surface area contributed by atoms with Crippen molar-refractivity contribution in [2.45, 2.75) is 12.8 Å². The second-order valence-corrected chi connectivity index (χ2v) is 9.86. The molecule has 2 aliphatic heterocycles. The van der Waals surface area contributed by atoms with E-state index in [4.69, 9.17) is 16.3 Å². The van der Waals surface area contributed by atoms with Crippen LogP contribution in [0.4, 0.5) is 0 Å². The Morgan fingerprint density at radius 2 is 2.00 bits per heavy atom. The second kappa shape index (κ2) is 7.46. The van der Waals surface area contributed by atoms with Gasteiger partial charge in [-0.25, -0.2) is 12.7 Å². The number of hydrogen-bond acceptors (Lipinski definition) is 4. The number of sulfonamides is 1. The number of ether oxygens (including phenoxy) is 1. The maximum atomic E-state index is 12.7. The van der Waals surface area contributed by atoms with E-state index in [0.717, 1.165) is 12.0 Å². The Labute approximate surface area is 160 Å². The first-order chi connectivity index (χ1) is 12.2. The van der Waals surface area contributed by atoms with Crippen molar-refractivity contribution in [3.8, 4) is 0 Å². The van der Waals surface area contributed by atoms with Crippen molar-refractivity contribution in [2.75, 3.05) is 46.2 Å². The fraction of sp³-hybridized carbons (Fsp3) is 0.611. The number of benzene rings is 1. The highest BCUT2D eigenvalue weighted by Gasteiger charge is 2.52. The molecule has 6 nitrogen and oxygen atoms in total. The zero-order valence-electron chi connectivity index (χ0n) is 15.2. The lowest BCUT2D eigenvalue weighted by Gasteiger charge is -2.43. The molecule has 8 heteroatoms. The number of rotatable bonds is 5. The molecule has 2 saturated heterocycles. The molecule has 2 unspecified atom stereocenters. The minimum Gasteiger partial charge on any atom is -0.384 e. The number of amides is 1. The fourth-order valence-electron chi connectivity index (χ4n) is 4.12. The van der Waals surface area contributed by atoms with Crippen LogP contribution in [-0.2, 0) is 26.0 Å². The van der Waals surface area contributed by atoms with Crippen LogP contribution >= 0.6 is 11.6 Å². The first-order valence-corrected chi connectivity index (χ1v) is 10.9. The Morgan fingerprint density at radius 1 is 1.31 bits per heavy atom. The van der Waals surface area contributed by atoms with Crippen LogP contribution in [0, 0.1) is 11.3 Å². The number of hydrogen-bond donors (Lipinski definition) is 0. The zero-order valence-corrected chi connectivity index (χ0v) is 16.7. The van der Waals surface area contributed by atoms with E-state index in [9.17, 15) is 13.2 Å². The number of halogens is 1. The van der Waals surface area contributed by atoms with Crippen LogP contribution in [0.1, 0.15) is 12.0 Å². The molecule has 0 aliphatic carbocycles. The molecule has 1 aromatic rings. The van der Waals surface area contributed by atoms with E-state index in [2.05, 4.69) is 0 Å². The minimum atomic E-state index is -3.25. The minimum absolute atomic E-state index is 0.0659. The van der Waals surface area contributed by atoms with Gasteiger partial charge in [-0.05, 0) is 30.0 Å². The Morgan fingerprint density at radius 3 is 2.62 bits per heavy atom. The molecule has 1 amide bonds. The molecule has 0 saturated carbocycles. The molecule has 2 aliphatic rings. The smallest absolute Gasteiger partial charge is 0.226 e. The van der Waals surface area contributed by atoms with Crippen molar-refractivity contribution in [1.29, 1.82) is 0 Å². The van der Waals surface area contributed by atoms with Crippen molar-refractivity contribution in [2.24, 2.45) is 11.3 Å². The van der Waals surface area contributed by atoms with Gasteiger partial charge in [0.2, 0.25) is 15.9 Å². The van der Waals surface area contributed by atoms with Crippen LogP contribution in [-0.4, -0.2) is 69.7 Å². The number of nitrogens with zero attached hydrogens (tertiary/aromatic N) is 2. The molecule has 0 bridgehead atoms. The molecule has 1 aromatic carbocycles. The molecule has 2 heterocycles. The van der Waals surface area contributed by atoms with Gasteiger partial charge in [0.05, 0.1) is 19.3 Å². The predicted molar refractivity (Wildman–Crippen MR) is 101 cm³/mol. The standard InChI is InChI=1S/C18H25ClN2O4S/c1-25-13-18-7-8-20(10-15(18)11-21(12-18)26(2,23)24)17(22)9-14-3-5-16(19)6-4-14/h3-6,15H,7-13H2,1-2H3. The molecule has 0 spiro atoms. The van der Waals surface area contributed by atoms with E-state index in [1.165, 1.54) is 10.6 Å². The van der Waals surface area contributed by atoms with Gasteiger partial charge in [-0.15, -0.1) is 0 Å². The second-order valence-electron chi connectivity index (χ2n) is 7.44. The summed E-state index contributed by atoms with van der Waals surface area (Å²) in [5, 5.41) is 0.648. The highest BCUT2D eigenvalue weighted by molar-refractivity contribution is 7.88. The van der Waals surface area contributed by atoms with E-state index in [1.807, 2.05) is 17.0 Å². The summed E-state index contributed by atoms with van der Waals surface area (Å²) in [6, 6.07) is 7.29. The lowest BCUT2D eigenvalue weighted by atomic mass is 9.73. The summed E-state index contributed by atoms with van der Waals surface area (Å²) in [6.07, 6.45) is 2.33. The van der Waals surface area contributed by atoms with Crippen LogP contribution < -0.4 is 0 Å². The molecule has 2 atom stereocenters. The third-order valence-electron chi connectivity index (χ3n) is 5.62. The summed E-state index contributed by atoms with van der Waals surface area (Å²) in [5.74, 6) is 0.163. The SMILES string of the molecule is COCC12CCN(C(=O)Cc3ccc(Cl)cc3)CC1CN(S(C)(=O)=O)C2. The van der Waals surface area contributed by atoms with Gasteiger partial charge >= 0.3 is 0 Å². The van der Waals surface area contributed by atoms with Gasteiger partial charge in [-0.2, -0.15) is 0 Å². The largest absolute Gasteiger partial charge is 0.384 e. The molecule has 0 N–H and O–H groups in total. The normalized spacial score (nSPS) is 26.7. The first kappa shape index (κ1) is 19.6. The van der Waals surface area contributed by atoms with Crippen molar-refractivity contribution >= 4 is 27.5 Å². The Balaban J connectivity index is 1.70. The maximum Gasteiger partial charge on any atom is 0.226 e. The quantitative estimate of drug-likeness (QED) is 0.753. The first-order valence-electron chi connectivity index (χ1n) is 8.70. The number of methoxy groups -OCH3 is 1. The molecule has 0 radical (unpaired) electrons. The summed E-state index contributed by atoms with van der Waals surface area (Å²) >= 11 is 5.89. The Bertz CT molecular complexity index is 768. The van der Waals surface area contributed by atoms with Crippen molar-refractivity contribution in [3.63, 3.8) is 0 Å². The number of fused-ring (bicyclic) bond motifs is 1. The maximum absolute atomic E-state index is 12.7. The average Bonchev–Trinajstić information content (AvgIpc) is 2.96. The van der Waals surface area contributed by atoms with Gasteiger partial charge in [0.1, 0.15) is 0 Å². The Kier molecular flexibility index (Phi) is 5.63. The van der Waals surface area contributed by atoms with E-state index in [-0.39, 0.29) is 17.2 Å². The highest BCUT2D eigenvalue weighted by Crippen LogP contribution is 2.44. The molecule has 26 heavy (non-hydrogen) atoms. The van der Waals surface area contributed by atoms with Crippen LogP contribution in [0.25, 0.3) is 0 Å². The van der Waals surface area contributed by atoms with E-state index in [0.29, 0.717) is 44.2 Å². The van der Waals surface area contributed by atoms with Gasteiger partial charge in [-0.3, -0.25) is 4.79 Å². The van der Waals surface area contributed by atoms with Crippen LogP contribution in [0.3, 0.4) is 0 Å². The summed E-state index contributed by atoms with van der Waals surface area (Å²) < 4.78 is 30.9. The third-order valence-corrected chi connectivity index (χ3v) is 7.09. The van der Waals surface area contributed by atoms with Crippen molar-refractivity contribution in [1.82, 2.24) is 9.21 Å². The topological polar surface area (TPSA) is 66.9 Å². The number of likely N-dealkylation sites (tertiary alicyclic amines) is 1. The van der Waals surface area contributed by atoms with E-state index >= 15 is 0 Å². The molecule has 144 valence electrons. The lowest BCUT2D eigenvalue weighted by Crippen LogP contribution is -2.51. The van der Waals surface area contributed by atoms with Crippen LogP contribution in [0.15, 0.2) is 24.3 Å². The summed E-state index contributed by atoms with van der Waals surface area (Å²) in [6.45, 7) is 2.64. The third kappa shape index (κ3) is 4.06. The number of carbonyl (C=O) groups excluding carboxylic acids is 1. The van der Waals surface area contributed by atoms with Gasteiger partial charge in [0, 0.05) is 43.7 Å². The van der Waals surface area contributed by atoms with Crippen molar-refractivity contribution in [3.05, 3.63) is 34.9 Å². The van der Waals surface area contributed by atoms with Gasteiger partial charge in [-0.1, -0.05) is 23.7 Å². The lowest BCUT2D eigenvalue weighted by molar-refractivity contribution is -0.134. The molecule has 3 rings (SSSR count). The molecular formula is C18H25ClN2O4S. The van der Waals surface area contributed by atoms with E-state index < -0.39 is 10.0 Å².